The smallest absolute Gasteiger partial charge is 0.244 e. The summed E-state index contributed by atoms with van der Waals surface area (Å²) >= 11 is 3.40. The monoisotopic (exact) mass is 495 g/mol. The van der Waals surface area contributed by atoms with Gasteiger partial charge in [-0.05, 0) is 43.2 Å². The van der Waals surface area contributed by atoms with Gasteiger partial charge in [-0.3, -0.25) is 13.9 Å². The number of sulfonamides is 1. The van der Waals surface area contributed by atoms with Crippen LogP contribution >= 0.6 is 15.9 Å². The zero-order valence-corrected chi connectivity index (χ0v) is 19.8. The zero-order chi connectivity index (χ0) is 22.5. The number of amides is 2. The molecule has 0 aliphatic rings. The van der Waals surface area contributed by atoms with Gasteiger partial charge in [0.15, 0.2) is 0 Å². The zero-order valence-electron chi connectivity index (χ0n) is 17.4. The Morgan fingerprint density at radius 1 is 1.13 bits per heavy atom. The molecule has 0 aromatic heterocycles. The Morgan fingerprint density at radius 3 is 2.37 bits per heavy atom. The van der Waals surface area contributed by atoms with Crippen molar-refractivity contribution in [3.63, 3.8) is 0 Å². The number of aryl methyl sites for hydroxylation is 1. The standard InChI is InChI=1S/C21H26BrN3O4S/c1-15-8-5-6-11-19(15)25(30(4,28)29)14-20(26)24(16(2)21(27)23-3)13-17-9-7-10-18(22)12-17/h5-12,16H,13-14H2,1-4H3,(H,23,27)/t16-/m0/s1. The number of halogens is 1. The molecule has 0 aliphatic heterocycles. The lowest BCUT2D eigenvalue weighted by Gasteiger charge is -2.31. The predicted octanol–water partition coefficient (Wildman–Crippen LogP) is 2.69. The maximum atomic E-state index is 13.3. The van der Waals surface area contributed by atoms with Gasteiger partial charge < -0.3 is 10.2 Å². The number of nitrogens with one attached hydrogen (secondary N) is 1. The van der Waals surface area contributed by atoms with Crippen molar-refractivity contribution in [2.75, 3.05) is 24.2 Å². The Hall–Kier alpha value is -2.39. The number of nitrogens with zero attached hydrogens (tertiary/aromatic N) is 2. The highest BCUT2D eigenvalue weighted by atomic mass is 79.9. The van der Waals surface area contributed by atoms with Gasteiger partial charge in [-0.25, -0.2) is 8.42 Å². The molecule has 162 valence electrons. The van der Waals surface area contributed by atoms with Crippen LogP contribution in [0, 0.1) is 6.92 Å². The SMILES string of the molecule is CNC(=O)[C@H](C)N(Cc1cccc(Br)c1)C(=O)CN(c1ccccc1C)S(C)(=O)=O. The Balaban J connectivity index is 2.40. The van der Waals surface area contributed by atoms with Crippen LogP contribution in [0.15, 0.2) is 53.0 Å². The van der Waals surface area contributed by atoms with Crippen LogP contribution in [0.1, 0.15) is 18.1 Å². The van der Waals surface area contributed by atoms with Crippen LogP contribution in [0.3, 0.4) is 0 Å². The van der Waals surface area contributed by atoms with Gasteiger partial charge >= 0.3 is 0 Å². The van der Waals surface area contributed by atoms with E-state index >= 15 is 0 Å². The second-order valence-electron chi connectivity index (χ2n) is 7.00. The second kappa shape index (κ2) is 10.1. The van der Waals surface area contributed by atoms with E-state index in [4.69, 9.17) is 0 Å². The lowest BCUT2D eigenvalue weighted by molar-refractivity contribution is -0.139. The van der Waals surface area contributed by atoms with Crippen molar-refractivity contribution in [3.05, 3.63) is 64.1 Å². The van der Waals surface area contributed by atoms with E-state index in [0.29, 0.717) is 5.69 Å². The van der Waals surface area contributed by atoms with E-state index in [1.165, 1.54) is 11.9 Å². The van der Waals surface area contributed by atoms with Crippen LogP contribution in [-0.4, -0.2) is 51.0 Å². The largest absolute Gasteiger partial charge is 0.357 e. The van der Waals surface area contributed by atoms with Crippen LogP contribution in [0.4, 0.5) is 5.69 Å². The van der Waals surface area contributed by atoms with Crippen LogP contribution < -0.4 is 9.62 Å². The highest BCUT2D eigenvalue weighted by molar-refractivity contribution is 9.10. The number of carbonyl (C=O) groups is 2. The number of hydrogen-bond acceptors (Lipinski definition) is 4. The quantitative estimate of drug-likeness (QED) is 0.609. The first-order valence-electron chi connectivity index (χ1n) is 9.33. The molecule has 7 nitrogen and oxygen atoms in total. The maximum absolute atomic E-state index is 13.3. The van der Waals surface area contributed by atoms with Crippen LogP contribution in [0.25, 0.3) is 0 Å². The fourth-order valence-corrected chi connectivity index (χ4v) is 4.42. The summed E-state index contributed by atoms with van der Waals surface area (Å²) in [5.74, 6) is -0.806. The molecular formula is C21H26BrN3O4S. The van der Waals surface area contributed by atoms with Crippen molar-refractivity contribution < 1.29 is 18.0 Å². The first-order valence-corrected chi connectivity index (χ1v) is 12.0. The molecule has 0 bridgehead atoms. The molecule has 2 rings (SSSR count). The molecule has 2 aromatic carbocycles. The molecule has 0 fully saturated rings. The summed E-state index contributed by atoms with van der Waals surface area (Å²) in [6.45, 7) is 3.16. The fraction of sp³-hybridized carbons (Fsp3) is 0.333. The van der Waals surface area contributed by atoms with Crippen molar-refractivity contribution in [3.8, 4) is 0 Å². The topological polar surface area (TPSA) is 86.8 Å². The fourth-order valence-electron chi connectivity index (χ4n) is 3.06. The number of likely N-dealkylation sites (N-methyl/N-ethyl adjacent to an activating group) is 1. The van der Waals surface area contributed by atoms with Crippen molar-refractivity contribution in [2.45, 2.75) is 26.4 Å². The number of hydrogen-bond donors (Lipinski definition) is 1. The molecule has 1 atom stereocenters. The summed E-state index contributed by atoms with van der Waals surface area (Å²) in [4.78, 5) is 26.9. The van der Waals surface area contributed by atoms with Crippen molar-refractivity contribution in [1.82, 2.24) is 10.2 Å². The Kier molecular flexibility index (Phi) is 8.03. The normalized spacial score (nSPS) is 12.2. The minimum Gasteiger partial charge on any atom is -0.357 e. The van der Waals surface area contributed by atoms with Crippen molar-refractivity contribution in [1.29, 1.82) is 0 Å². The summed E-state index contributed by atoms with van der Waals surface area (Å²) in [5, 5.41) is 2.55. The molecule has 0 saturated heterocycles. The average Bonchev–Trinajstić information content (AvgIpc) is 2.69. The van der Waals surface area contributed by atoms with Gasteiger partial charge in [0.2, 0.25) is 21.8 Å². The molecule has 0 saturated carbocycles. The number of para-hydroxylation sites is 1. The van der Waals surface area contributed by atoms with Crippen LogP contribution in [0.5, 0.6) is 0 Å². The summed E-state index contributed by atoms with van der Waals surface area (Å²) in [7, 11) is -2.23. The predicted molar refractivity (Wildman–Crippen MR) is 122 cm³/mol. The molecule has 30 heavy (non-hydrogen) atoms. The number of anilines is 1. The number of benzene rings is 2. The highest BCUT2D eigenvalue weighted by Crippen LogP contribution is 2.23. The van der Waals surface area contributed by atoms with Crippen molar-refractivity contribution >= 4 is 43.5 Å². The summed E-state index contributed by atoms with van der Waals surface area (Å²) in [5.41, 5.74) is 1.98. The first kappa shape index (κ1) is 23.9. The Bertz CT molecular complexity index is 1030. The molecule has 0 unspecified atom stereocenters. The molecular weight excluding hydrogens is 470 g/mol. The maximum Gasteiger partial charge on any atom is 0.244 e. The number of carbonyl (C=O) groups excluding carboxylic acids is 2. The molecule has 0 heterocycles. The van der Waals surface area contributed by atoms with Gasteiger partial charge in [0, 0.05) is 18.1 Å². The molecule has 2 aromatic rings. The summed E-state index contributed by atoms with van der Waals surface area (Å²) in [6, 6.07) is 13.6. The van der Waals surface area contributed by atoms with Gasteiger partial charge in [-0.1, -0.05) is 46.3 Å². The Labute approximate surface area is 186 Å². The summed E-state index contributed by atoms with van der Waals surface area (Å²) in [6.07, 6.45) is 1.06. The Morgan fingerprint density at radius 2 is 1.80 bits per heavy atom. The third-order valence-electron chi connectivity index (χ3n) is 4.72. The van der Waals surface area contributed by atoms with E-state index in [1.807, 2.05) is 24.3 Å². The molecule has 0 aliphatic carbocycles. The minimum absolute atomic E-state index is 0.165. The first-order chi connectivity index (χ1) is 14.0. The molecule has 9 heteroatoms. The summed E-state index contributed by atoms with van der Waals surface area (Å²) < 4.78 is 26.9. The minimum atomic E-state index is -3.72. The molecule has 0 radical (unpaired) electrons. The van der Waals surface area contributed by atoms with Gasteiger partial charge in [0.05, 0.1) is 11.9 Å². The van der Waals surface area contributed by atoms with Crippen LogP contribution in [0.2, 0.25) is 0 Å². The van der Waals surface area contributed by atoms with Gasteiger partial charge in [-0.15, -0.1) is 0 Å². The average molecular weight is 496 g/mol. The number of rotatable bonds is 8. The highest BCUT2D eigenvalue weighted by Gasteiger charge is 2.30. The lowest BCUT2D eigenvalue weighted by Crippen LogP contribution is -2.50. The lowest BCUT2D eigenvalue weighted by atomic mass is 10.1. The van der Waals surface area contributed by atoms with E-state index in [2.05, 4.69) is 21.2 Å². The van der Waals surface area contributed by atoms with E-state index in [1.54, 1.807) is 38.1 Å². The van der Waals surface area contributed by atoms with Crippen LogP contribution in [-0.2, 0) is 26.2 Å². The third kappa shape index (κ3) is 6.06. The van der Waals surface area contributed by atoms with Gasteiger partial charge in [-0.2, -0.15) is 0 Å². The van der Waals surface area contributed by atoms with Crippen molar-refractivity contribution in [2.24, 2.45) is 0 Å². The van der Waals surface area contributed by atoms with Gasteiger partial charge in [0.25, 0.3) is 0 Å². The third-order valence-corrected chi connectivity index (χ3v) is 6.34. The van der Waals surface area contributed by atoms with Gasteiger partial charge in [0.1, 0.15) is 12.6 Å². The molecule has 0 spiro atoms. The second-order valence-corrected chi connectivity index (χ2v) is 9.82. The van der Waals surface area contributed by atoms with E-state index in [0.717, 1.165) is 26.2 Å². The van der Waals surface area contributed by atoms with E-state index in [-0.39, 0.29) is 12.5 Å². The van der Waals surface area contributed by atoms with E-state index < -0.39 is 28.5 Å². The molecule has 1 N–H and O–H groups in total. The van der Waals surface area contributed by atoms with E-state index in [9.17, 15) is 18.0 Å². The molecule has 2 amide bonds.